The van der Waals surface area contributed by atoms with E-state index in [9.17, 15) is 19.8 Å². The molecule has 0 atom stereocenters. The molecule has 0 saturated carbocycles. The molecule has 0 aromatic rings. The molecular formula is C12H22CrO4. The monoisotopic (exact) mass is 282 g/mol. The number of carboxylic acids is 2. The molecule has 0 saturated heterocycles. The van der Waals surface area contributed by atoms with Crippen molar-refractivity contribution in [1.29, 1.82) is 0 Å². The van der Waals surface area contributed by atoms with Crippen molar-refractivity contribution in [1.82, 2.24) is 0 Å². The van der Waals surface area contributed by atoms with Crippen LogP contribution in [-0.4, -0.2) is 11.9 Å². The molecule has 0 amide bonds. The van der Waals surface area contributed by atoms with Crippen LogP contribution in [-0.2, 0) is 27.0 Å². The quantitative estimate of drug-likeness (QED) is 0.612. The SMILES string of the molecule is CCCCCC(=O)[O-].CCCCCC(=O)[O-].[Cr+2]. The summed E-state index contributed by atoms with van der Waals surface area (Å²) in [6.45, 7) is 4.07. The summed E-state index contributed by atoms with van der Waals surface area (Å²) in [6, 6.07) is 0. The van der Waals surface area contributed by atoms with Crippen molar-refractivity contribution >= 4 is 11.9 Å². The fourth-order valence-electron chi connectivity index (χ4n) is 1.04. The molecule has 0 aliphatic rings. The molecule has 0 aliphatic heterocycles. The zero-order chi connectivity index (χ0) is 12.8. The number of unbranched alkanes of at least 4 members (excludes halogenated alkanes) is 4. The maximum atomic E-state index is 9.76. The van der Waals surface area contributed by atoms with Crippen LogP contribution in [0, 0.1) is 0 Å². The number of carbonyl (C=O) groups is 2. The van der Waals surface area contributed by atoms with Gasteiger partial charge in [0, 0.05) is 11.9 Å². The summed E-state index contributed by atoms with van der Waals surface area (Å²) >= 11 is 0. The topological polar surface area (TPSA) is 80.3 Å². The van der Waals surface area contributed by atoms with Gasteiger partial charge in [0.2, 0.25) is 0 Å². The number of hydrogen-bond donors (Lipinski definition) is 0. The number of carbonyl (C=O) groups excluding carboxylic acids is 2. The van der Waals surface area contributed by atoms with Crippen LogP contribution in [0.15, 0.2) is 0 Å². The van der Waals surface area contributed by atoms with Crippen molar-refractivity contribution < 1.29 is 37.2 Å². The van der Waals surface area contributed by atoms with Crippen molar-refractivity contribution in [3.63, 3.8) is 0 Å². The van der Waals surface area contributed by atoms with Gasteiger partial charge < -0.3 is 19.8 Å². The molecular weight excluding hydrogens is 260 g/mol. The molecule has 0 bridgehead atoms. The molecule has 0 fully saturated rings. The minimum absolute atomic E-state index is 0. The Bertz CT molecular complexity index is 163. The molecule has 0 radical (unpaired) electrons. The predicted molar refractivity (Wildman–Crippen MR) is 58.3 cm³/mol. The molecule has 100 valence electrons. The number of carboxylic acid groups (broad SMARTS) is 2. The molecule has 4 nitrogen and oxygen atoms in total. The Kier molecular flexibility index (Phi) is 22.8. The third-order valence-corrected chi connectivity index (χ3v) is 1.97. The van der Waals surface area contributed by atoms with Crippen LogP contribution < -0.4 is 10.2 Å². The summed E-state index contributed by atoms with van der Waals surface area (Å²) < 4.78 is 0. The van der Waals surface area contributed by atoms with Gasteiger partial charge in [0.05, 0.1) is 0 Å². The van der Waals surface area contributed by atoms with E-state index in [2.05, 4.69) is 0 Å². The molecule has 17 heavy (non-hydrogen) atoms. The van der Waals surface area contributed by atoms with Crippen molar-refractivity contribution in [2.24, 2.45) is 0 Å². The zero-order valence-corrected chi connectivity index (χ0v) is 12.0. The molecule has 5 heteroatoms. The van der Waals surface area contributed by atoms with Crippen molar-refractivity contribution in [2.75, 3.05) is 0 Å². The van der Waals surface area contributed by atoms with Crippen molar-refractivity contribution in [2.45, 2.75) is 65.2 Å². The summed E-state index contributed by atoms with van der Waals surface area (Å²) in [6.07, 6.45) is 6.07. The Hall–Kier alpha value is -0.528. The van der Waals surface area contributed by atoms with Crippen molar-refractivity contribution in [3.05, 3.63) is 0 Å². The summed E-state index contributed by atoms with van der Waals surface area (Å²) in [5, 5.41) is 19.5. The van der Waals surface area contributed by atoms with Crippen LogP contribution >= 0.6 is 0 Å². The Morgan fingerprint density at radius 2 is 1.06 bits per heavy atom. The van der Waals surface area contributed by atoms with Crippen LogP contribution in [0.2, 0.25) is 0 Å². The smallest absolute Gasteiger partial charge is 0.550 e. The number of hydrogen-bond acceptors (Lipinski definition) is 4. The normalized spacial score (nSPS) is 8.59. The Morgan fingerprint density at radius 3 is 1.24 bits per heavy atom. The molecule has 0 rings (SSSR count). The van der Waals surface area contributed by atoms with Crippen LogP contribution in [0.25, 0.3) is 0 Å². The first-order valence-electron chi connectivity index (χ1n) is 5.94. The van der Waals surface area contributed by atoms with E-state index < -0.39 is 11.9 Å². The van der Waals surface area contributed by atoms with Gasteiger partial charge in [-0.15, -0.1) is 0 Å². The van der Waals surface area contributed by atoms with Crippen LogP contribution in [0.1, 0.15) is 65.2 Å². The van der Waals surface area contributed by atoms with Gasteiger partial charge in [0.1, 0.15) is 0 Å². The summed E-state index contributed by atoms with van der Waals surface area (Å²) in [5.41, 5.74) is 0. The summed E-state index contributed by atoms with van der Waals surface area (Å²) in [7, 11) is 0. The molecule has 0 aromatic heterocycles. The largest absolute Gasteiger partial charge is 2.00 e. The van der Waals surface area contributed by atoms with E-state index in [1.165, 1.54) is 0 Å². The molecule has 0 aromatic carbocycles. The average molecular weight is 282 g/mol. The Morgan fingerprint density at radius 1 is 0.765 bits per heavy atom. The third-order valence-electron chi connectivity index (χ3n) is 1.97. The fraction of sp³-hybridized carbons (Fsp3) is 0.833. The van der Waals surface area contributed by atoms with Gasteiger partial charge in [0.15, 0.2) is 0 Å². The maximum absolute atomic E-state index is 9.76. The van der Waals surface area contributed by atoms with E-state index in [1.54, 1.807) is 0 Å². The second-order valence-electron chi connectivity index (χ2n) is 3.66. The van der Waals surface area contributed by atoms with Gasteiger partial charge >= 0.3 is 17.4 Å². The van der Waals surface area contributed by atoms with Crippen molar-refractivity contribution in [3.8, 4) is 0 Å². The summed E-state index contributed by atoms with van der Waals surface area (Å²) in [4.78, 5) is 19.5. The standard InChI is InChI=1S/2C6H12O2.Cr/c2*1-2-3-4-5-6(7)8;/h2*2-5H2,1H3,(H,7,8);/q;;+2/p-2. The predicted octanol–water partition coefficient (Wildman–Crippen LogP) is 0.631. The van der Waals surface area contributed by atoms with E-state index in [1.807, 2.05) is 13.8 Å². The van der Waals surface area contributed by atoms with E-state index in [0.29, 0.717) is 0 Å². The minimum atomic E-state index is -0.932. The van der Waals surface area contributed by atoms with Gasteiger partial charge in [-0.2, -0.15) is 0 Å². The van der Waals surface area contributed by atoms with E-state index in [0.717, 1.165) is 38.5 Å². The van der Waals surface area contributed by atoms with Gasteiger partial charge in [-0.25, -0.2) is 0 Å². The Labute approximate surface area is 115 Å². The molecule has 0 heterocycles. The number of aliphatic carboxylic acids is 2. The number of rotatable bonds is 8. The first kappa shape index (κ1) is 21.7. The molecule has 0 N–H and O–H groups in total. The molecule has 0 aliphatic carbocycles. The maximum Gasteiger partial charge on any atom is 2.00 e. The minimum Gasteiger partial charge on any atom is -0.550 e. The second-order valence-corrected chi connectivity index (χ2v) is 3.66. The van der Waals surface area contributed by atoms with E-state index >= 15 is 0 Å². The van der Waals surface area contributed by atoms with Crippen LogP contribution in [0.3, 0.4) is 0 Å². The van der Waals surface area contributed by atoms with Gasteiger partial charge in [-0.3, -0.25) is 0 Å². The van der Waals surface area contributed by atoms with Gasteiger partial charge in [-0.05, 0) is 25.7 Å². The van der Waals surface area contributed by atoms with E-state index in [-0.39, 0.29) is 30.2 Å². The summed E-state index contributed by atoms with van der Waals surface area (Å²) in [5.74, 6) is -1.86. The van der Waals surface area contributed by atoms with Gasteiger partial charge in [0.25, 0.3) is 0 Å². The van der Waals surface area contributed by atoms with Crippen LogP contribution in [0.4, 0.5) is 0 Å². The average Bonchev–Trinajstić information content (AvgIpc) is 2.18. The molecule has 0 unspecified atom stereocenters. The zero-order valence-electron chi connectivity index (χ0n) is 10.7. The Balaban J connectivity index is -0.000000218. The molecule has 0 spiro atoms. The van der Waals surface area contributed by atoms with Gasteiger partial charge in [-0.1, -0.05) is 39.5 Å². The first-order chi connectivity index (χ1) is 7.54. The van der Waals surface area contributed by atoms with Crippen LogP contribution in [0.5, 0.6) is 0 Å². The van der Waals surface area contributed by atoms with E-state index in [4.69, 9.17) is 0 Å². The first-order valence-corrected chi connectivity index (χ1v) is 5.94. The fourth-order valence-corrected chi connectivity index (χ4v) is 1.04. The third kappa shape index (κ3) is 31.3. The second kappa shape index (κ2) is 17.9.